The van der Waals surface area contributed by atoms with E-state index in [-0.39, 0.29) is 11.9 Å². The minimum Gasteiger partial charge on any atom is -0.329 e. The van der Waals surface area contributed by atoms with Crippen molar-refractivity contribution in [2.45, 2.75) is 10.9 Å². The summed E-state index contributed by atoms with van der Waals surface area (Å²) in [5.41, 5.74) is 7.82. The van der Waals surface area contributed by atoms with Gasteiger partial charge >= 0.3 is 0 Å². The van der Waals surface area contributed by atoms with E-state index >= 15 is 0 Å². The molecule has 1 aliphatic heterocycles. The first-order valence-electron chi connectivity index (χ1n) is 5.55. The van der Waals surface area contributed by atoms with Crippen molar-refractivity contribution in [3.8, 4) is 0 Å². The molecule has 0 saturated carbocycles. The predicted octanol–water partition coefficient (Wildman–Crippen LogP) is 1.29. The van der Waals surface area contributed by atoms with Gasteiger partial charge in [0.25, 0.3) is 0 Å². The number of fused-ring (bicyclic) bond motifs is 1. The summed E-state index contributed by atoms with van der Waals surface area (Å²) in [5.74, 6) is 0.564. The molecule has 0 radical (unpaired) electrons. The second kappa shape index (κ2) is 5.08. The van der Waals surface area contributed by atoms with Crippen LogP contribution in [0.4, 0.5) is 5.69 Å². The van der Waals surface area contributed by atoms with Crippen LogP contribution in [0.25, 0.3) is 0 Å². The van der Waals surface area contributed by atoms with Crippen LogP contribution in [0.2, 0.25) is 0 Å². The molecule has 1 atom stereocenters. The topological polar surface area (TPSA) is 58.4 Å². The molecule has 1 aliphatic rings. The van der Waals surface area contributed by atoms with Gasteiger partial charge in [-0.15, -0.1) is 11.8 Å². The number of anilines is 1. The molecule has 2 rings (SSSR count). The maximum atomic E-state index is 11.3. The summed E-state index contributed by atoms with van der Waals surface area (Å²) in [5, 5.41) is 2.90. The molecule has 1 amide bonds. The van der Waals surface area contributed by atoms with Crippen LogP contribution < -0.4 is 11.1 Å². The van der Waals surface area contributed by atoms with Gasteiger partial charge in [0.2, 0.25) is 5.91 Å². The number of hydrogen-bond donors (Lipinski definition) is 2. The fourth-order valence-corrected chi connectivity index (χ4v) is 2.74. The molecule has 4 nitrogen and oxygen atoms in total. The maximum absolute atomic E-state index is 11.3. The second-order valence-corrected chi connectivity index (χ2v) is 5.32. The summed E-state index contributed by atoms with van der Waals surface area (Å²) in [6.45, 7) is 0.562. The number of nitrogens with one attached hydrogen (secondary N) is 1. The van der Waals surface area contributed by atoms with Crippen LogP contribution in [0.15, 0.2) is 23.1 Å². The van der Waals surface area contributed by atoms with Crippen LogP contribution in [0.1, 0.15) is 11.6 Å². The van der Waals surface area contributed by atoms with E-state index in [1.165, 1.54) is 0 Å². The average molecular weight is 251 g/mol. The van der Waals surface area contributed by atoms with Gasteiger partial charge < -0.3 is 16.0 Å². The van der Waals surface area contributed by atoms with Crippen LogP contribution >= 0.6 is 11.8 Å². The number of carbonyl (C=O) groups excluding carboxylic acids is 1. The molecular weight excluding hydrogens is 234 g/mol. The van der Waals surface area contributed by atoms with Crippen molar-refractivity contribution in [2.24, 2.45) is 5.73 Å². The Kier molecular flexibility index (Phi) is 3.71. The van der Waals surface area contributed by atoms with E-state index in [9.17, 15) is 4.79 Å². The zero-order valence-corrected chi connectivity index (χ0v) is 10.9. The minimum absolute atomic E-state index is 0.0637. The molecular formula is C12H17N3OS. The third-order valence-electron chi connectivity index (χ3n) is 2.87. The highest BCUT2D eigenvalue weighted by Gasteiger charge is 2.18. The van der Waals surface area contributed by atoms with Crippen molar-refractivity contribution >= 4 is 23.4 Å². The number of nitrogens with zero attached hydrogens (tertiary/aromatic N) is 1. The van der Waals surface area contributed by atoms with Crippen molar-refractivity contribution < 1.29 is 4.79 Å². The number of nitrogens with two attached hydrogens (primary N) is 1. The molecule has 1 aromatic rings. The first kappa shape index (κ1) is 12.4. The van der Waals surface area contributed by atoms with Gasteiger partial charge in [-0.25, -0.2) is 0 Å². The lowest BCUT2D eigenvalue weighted by atomic mass is 10.1. The molecule has 0 aromatic heterocycles. The first-order valence-corrected chi connectivity index (χ1v) is 6.53. The minimum atomic E-state index is 0.0637. The highest BCUT2D eigenvalue weighted by Crippen LogP contribution is 2.33. The summed E-state index contributed by atoms with van der Waals surface area (Å²) >= 11 is 1.58. The Morgan fingerprint density at radius 2 is 2.29 bits per heavy atom. The van der Waals surface area contributed by atoms with E-state index < -0.39 is 0 Å². The lowest BCUT2D eigenvalue weighted by Gasteiger charge is -2.25. The number of hydrogen-bond acceptors (Lipinski definition) is 4. The molecule has 0 spiro atoms. The summed E-state index contributed by atoms with van der Waals surface area (Å²) in [7, 11) is 4.01. The van der Waals surface area contributed by atoms with Gasteiger partial charge in [0.15, 0.2) is 0 Å². The summed E-state index contributed by atoms with van der Waals surface area (Å²) in [6, 6.07) is 6.35. The lowest BCUT2D eigenvalue weighted by molar-refractivity contribution is -0.113. The Bertz CT molecular complexity index is 434. The quantitative estimate of drug-likeness (QED) is 0.850. The van der Waals surface area contributed by atoms with Gasteiger partial charge in [0, 0.05) is 17.5 Å². The van der Waals surface area contributed by atoms with Gasteiger partial charge in [-0.05, 0) is 31.8 Å². The highest BCUT2D eigenvalue weighted by atomic mass is 32.2. The molecule has 17 heavy (non-hydrogen) atoms. The third kappa shape index (κ3) is 2.62. The van der Waals surface area contributed by atoms with E-state index in [0.717, 1.165) is 16.1 Å². The third-order valence-corrected chi connectivity index (χ3v) is 3.94. The van der Waals surface area contributed by atoms with Crippen molar-refractivity contribution in [1.29, 1.82) is 0 Å². The molecule has 0 aliphatic carbocycles. The predicted molar refractivity (Wildman–Crippen MR) is 71.3 cm³/mol. The lowest BCUT2D eigenvalue weighted by Crippen LogP contribution is -2.27. The fourth-order valence-electron chi connectivity index (χ4n) is 1.95. The summed E-state index contributed by atoms with van der Waals surface area (Å²) in [4.78, 5) is 14.6. The fraction of sp³-hybridized carbons (Fsp3) is 0.417. The number of rotatable bonds is 3. The highest BCUT2D eigenvalue weighted by molar-refractivity contribution is 8.00. The van der Waals surface area contributed by atoms with Gasteiger partial charge in [-0.1, -0.05) is 6.07 Å². The molecule has 0 fully saturated rings. The number of likely N-dealkylation sites (N-methyl/N-ethyl adjacent to an activating group) is 1. The molecule has 1 aromatic carbocycles. The number of amides is 1. The van der Waals surface area contributed by atoms with Crippen LogP contribution in [0, 0.1) is 0 Å². The van der Waals surface area contributed by atoms with Crippen LogP contribution in [-0.2, 0) is 4.79 Å². The Hall–Kier alpha value is -1.04. The normalized spacial score (nSPS) is 16.6. The monoisotopic (exact) mass is 251 g/mol. The van der Waals surface area contributed by atoms with Crippen LogP contribution in [-0.4, -0.2) is 37.2 Å². The standard InChI is InChI=1S/C12H17N3OS/c1-15(2)10(6-13)8-3-4-11-9(5-8)14-12(16)7-17-11/h3-5,10H,6-7,13H2,1-2H3,(H,14,16). The SMILES string of the molecule is CN(C)C(CN)c1ccc2c(c1)NC(=O)CS2. The van der Waals surface area contributed by atoms with Crippen LogP contribution in [0.3, 0.4) is 0 Å². The van der Waals surface area contributed by atoms with Crippen molar-refractivity contribution in [2.75, 3.05) is 31.7 Å². The van der Waals surface area contributed by atoms with E-state index in [0.29, 0.717) is 12.3 Å². The van der Waals surface area contributed by atoms with E-state index in [4.69, 9.17) is 5.73 Å². The number of benzene rings is 1. The maximum Gasteiger partial charge on any atom is 0.234 e. The second-order valence-electron chi connectivity index (χ2n) is 4.31. The molecule has 1 unspecified atom stereocenters. The van der Waals surface area contributed by atoms with E-state index in [1.807, 2.05) is 20.2 Å². The van der Waals surface area contributed by atoms with Crippen molar-refractivity contribution in [1.82, 2.24) is 4.90 Å². The Labute approximate surface area is 106 Å². The molecule has 92 valence electrons. The first-order chi connectivity index (χ1) is 8.11. The Morgan fingerprint density at radius 3 is 2.94 bits per heavy atom. The number of thioether (sulfide) groups is 1. The zero-order chi connectivity index (χ0) is 12.4. The molecule has 5 heteroatoms. The van der Waals surface area contributed by atoms with Crippen molar-refractivity contribution in [3.05, 3.63) is 23.8 Å². The van der Waals surface area contributed by atoms with E-state index in [1.54, 1.807) is 11.8 Å². The molecule has 1 heterocycles. The largest absolute Gasteiger partial charge is 0.329 e. The Balaban J connectivity index is 2.32. The van der Waals surface area contributed by atoms with Gasteiger partial charge in [-0.3, -0.25) is 4.79 Å². The number of carbonyl (C=O) groups is 1. The van der Waals surface area contributed by atoms with Crippen molar-refractivity contribution in [3.63, 3.8) is 0 Å². The van der Waals surface area contributed by atoms with E-state index in [2.05, 4.69) is 22.3 Å². The summed E-state index contributed by atoms with van der Waals surface area (Å²) < 4.78 is 0. The van der Waals surface area contributed by atoms with Gasteiger partial charge in [0.1, 0.15) is 0 Å². The average Bonchev–Trinajstić information content (AvgIpc) is 2.29. The molecule has 3 N–H and O–H groups in total. The molecule has 0 bridgehead atoms. The zero-order valence-electron chi connectivity index (χ0n) is 10.1. The molecule has 0 saturated heterocycles. The van der Waals surface area contributed by atoms with Gasteiger partial charge in [-0.2, -0.15) is 0 Å². The Morgan fingerprint density at radius 1 is 1.53 bits per heavy atom. The van der Waals surface area contributed by atoms with Gasteiger partial charge in [0.05, 0.1) is 11.4 Å². The van der Waals surface area contributed by atoms with Crippen LogP contribution in [0.5, 0.6) is 0 Å². The summed E-state index contributed by atoms with van der Waals surface area (Å²) in [6.07, 6.45) is 0. The smallest absolute Gasteiger partial charge is 0.234 e.